The largest absolute Gasteiger partial charge is 0.352 e. The predicted molar refractivity (Wildman–Crippen MR) is 94.8 cm³/mol. The number of carbonyl (C=O) groups excluding carboxylic acids is 1. The van der Waals surface area contributed by atoms with Crippen LogP contribution in [0.1, 0.15) is 43.6 Å². The van der Waals surface area contributed by atoms with Gasteiger partial charge in [-0.05, 0) is 50.2 Å². The first-order valence-corrected chi connectivity index (χ1v) is 9.42. The lowest BCUT2D eigenvalue weighted by atomic mass is 9.97. The quantitative estimate of drug-likeness (QED) is 0.872. The third-order valence-corrected chi connectivity index (χ3v) is 5.79. The van der Waals surface area contributed by atoms with Crippen LogP contribution in [0.3, 0.4) is 0 Å². The highest BCUT2D eigenvalue weighted by Crippen LogP contribution is 2.29. The minimum Gasteiger partial charge on any atom is -0.352 e. The number of piperidine rings is 1. The van der Waals surface area contributed by atoms with Gasteiger partial charge in [-0.15, -0.1) is 11.3 Å². The molecule has 1 N–H and O–H groups in total. The highest BCUT2D eigenvalue weighted by atomic mass is 32.1. The van der Waals surface area contributed by atoms with Crippen molar-refractivity contribution in [2.45, 2.75) is 38.8 Å². The van der Waals surface area contributed by atoms with Gasteiger partial charge in [0.25, 0.3) is 0 Å². The molecule has 3 rings (SSSR count). The Morgan fingerprint density at radius 2 is 2.25 bits per heavy atom. The van der Waals surface area contributed by atoms with Crippen molar-refractivity contribution in [3.8, 4) is 0 Å². The molecule has 1 fully saturated rings. The SMILES string of the molecule is CC1CCN(C(CNC(=O)C(C)n2cncn2)c2cccs2)CC1. The van der Waals surface area contributed by atoms with Gasteiger partial charge in [0.1, 0.15) is 18.7 Å². The molecule has 2 atom stereocenters. The van der Waals surface area contributed by atoms with Crippen molar-refractivity contribution >= 4 is 17.2 Å². The van der Waals surface area contributed by atoms with Crippen LogP contribution in [0.4, 0.5) is 0 Å². The van der Waals surface area contributed by atoms with Gasteiger partial charge in [0, 0.05) is 11.4 Å². The molecule has 1 amide bonds. The van der Waals surface area contributed by atoms with E-state index in [1.807, 2.05) is 6.92 Å². The fourth-order valence-electron chi connectivity index (χ4n) is 3.11. The first-order chi connectivity index (χ1) is 11.6. The lowest BCUT2D eigenvalue weighted by Gasteiger charge is -2.36. The summed E-state index contributed by atoms with van der Waals surface area (Å²) in [5.41, 5.74) is 0. The molecule has 3 heterocycles. The summed E-state index contributed by atoms with van der Waals surface area (Å²) in [6.45, 7) is 6.98. The van der Waals surface area contributed by atoms with Crippen LogP contribution in [0.25, 0.3) is 0 Å². The third kappa shape index (κ3) is 4.02. The molecule has 2 aromatic rings. The Morgan fingerprint density at radius 1 is 1.46 bits per heavy atom. The summed E-state index contributed by atoms with van der Waals surface area (Å²) in [6.07, 6.45) is 5.48. The van der Waals surface area contributed by atoms with Crippen LogP contribution in [0, 0.1) is 5.92 Å². The highest BCUT2D eigenvalue weighted by molar-refractivity contribution is 7.10. The Balaban J connectivity index is 1.63. The van der Waals surface area contributed by atoms with E-state index in [1.54, 1.807) is 22.3 Å². The maximum absolute atomic E-state index is 12.4. The molecule has 0 spiro atoms. The minimum atomic E-state index is -0.349. The van der Waals surface area contributed by atoms with Gasteiger partial charge in [-0.1, -0.05) is 13.0 Å². The Morgan fingerprint density at radius 3 is 2.88 bits per heavy atom. The number of amides is 1. The summed E-state index contributed by atoms with van der Waals surface area (Å²) in [5, 5.41) is 9.26. The Hall–Kier alpha value is -1.73. The van der Waals surface area contributed by atoms with Crippen molar-refractivity contribution in [2.75, 3.05) is 19.6 Å². The number of carbonyl (C=O) groups is 1. The molecule has 2 aromatic heterocycles. The Kier molecular flexibility index (Phi) is 5.63. The average molecular weight is 347 g/mol. The zero-order valence-electron chi connectivity index (χ0n) is 14.3. The van der Waals surface area contributed by atoms with Crippen molar-refractivity contribution in [1.29, 1.82) is 0 Å². The van der Waals surface area contributed by atoms with Crippen LogP contribution < -0.4 is 5.32 Å². The summed E-state index contributed by atoms with van der Waals surface area (Å²) < 4.78 is 1.58. The molecule has 130 valence electrons. The molecular formula is C17H25N5OS. The zero-order valence-corrected chi connectivity index (χ0v) is 15.1. The van der Waals surface area contributed by atoms with Crippen molar-refractivity contribution in [3.63, 3.8) is 0 Å². The lowest BCUT2D eigenvalue weighted by Crippen LogP contribution is -2.42. The van der Waals surface area contributed by atoms with Gasteiger partial charge in [-0.25, -0.2) is 9.67 Å². The molecule has 1 aliphatic heterocycles. The number of nitrogens with zero attached hydrogens (tertiary/aromatic N) is 4. The number of hydrogen-bond acceptors (Lipinski definition) is 5. The zero-order chi connectivity index (χ0) is 16.9. The maximum Gasteiger partial charge on any atom is 0.244 e. The first kappa shape index (κ1) is 17.1. The minimum absolute atomic E-state index is 0.0209. The van der Waals surface area contributed by atoms with E-state index in [0.29, 0.717) is 6.54 Å². The summed E-state index contributed by atoms with van der Waals surface area (Å²) in [7, 11) is 0. The number of rotatable bonds is 6. The van der Waals surface area contributed by atoms with Crippen LogP contribution >= 0.6 is 11.3 Å². The van der Waals surface area contributed by atoms with Crippen LogP contribution in [0.2, 0.25) is 0 Å². The fraction of sp³-hybridized carbons (Fsp3) is 0.588. The fourth-order valence-corrected chi connectivity index (χ4v) is 3.97. The van der Waals surface area contributed by atoms with E-state index in [0.717, 1.165) is 19.0 Å². The molecule has 24 heavy (non-hydrogen) atoms. The number of hydrogen-bond donors (Lipinski definition) is 1. The van der Waals surface area contributed by atoms with Gasteiger partial charge in [-0.3, -0.25) is 9.69 Å². The second kappa shape index (κ2) is 7.90. The van der Waals surface area contributed by atoms with Crippen LogP contribution in [0.15, 0.2) is 30.2 Å². The molecule has 0 aromatic carbocycles. The maximum atomic E-state index is 12.4. The van der Waals surface area contributed by atoms with Crippen molar-refractivity contribution < 1.29 is 4.79 Å². The second-order valence-electron chi connectivity index (χ2n) is 6.55. The topological polar surface area (TPSA) is 63.1 Å². The highest BCUT2D eigenvalue weighted by Gasteiger charge is 2.26. The molecule has 0 aliphatic carbocycles. The van der Waals surface area contributed by atoms with E-state index in [-0.39, 0.29) is 18.0 Å². The van der Waals surface area contributed by atoms with E-state index in [2.05, 4.69) is 44.7 Å². The van der Waals surface area contributed by atoms with Gasteiger partial charge < -0.3 is 5.32 Å². The van der Waals surface area contributed by atoms with Crippen molar-refractivity contribution in [3.05, 3.63) is 35.0 Å². The summed E-state index contributed by atoms with van der Waals surface area (Å²) in [4.78, 5) is 20.2. The number of likely N-dealkylation sites (tertiary alicyclic amines) is 1. The van der Waals surface area contributed by atoms with Gasteiger partial charge in [0.2, 0.25) is 5.91 Å². The monoisotopic (exact) mass is 347 g/mol. The van der Waals surface area contributed by atoms with Gasteiger partial charge >= 0.3 is 0 Å². The molecule has 7 heteroatoms. The van der Waals surface area contributed by atoms with Crippen LogP contribution in [-0.4, -0.2) is 45.2 Å². The standard InChI is InChI=1S/C17H25N5OS/c1-13-5-7-21(8-6-13)15(16-4-3-9-24-16)10-19-17(23)14(2)22-12-18-11-20-22/h3-4,9,11-15H,5-8,10H2,1-2H3,(H,19,23). The van der Waals surface area contributed by atoms with E-state index < -0.39 is 0 Å². The first-order valence-electron chi connectivity index (χ1n) is 8.54. The Bertz CT molecular complexity index is 619. The molecule has 0 saturated carbocycles. The molecule has 1 aliphatic rings. The third-order valence-electron chi connectivity index (χ3n) is 4.81. The molecule has 6 nitrogen and oxygen atoms in total. The lowest BCUT2D eigenvalue weighted by molar-refractivity contribution is -0.124. The van der Waals surface area contributed by atoms with E-state index >= 15 is 0 Å². The van der Waals surface area contributed by atoms with Crippen molar-refractivity contribution in [2.24, 2.45) is 5.92 Å². The Labute approximate surface area is 146 Å². The number of thiophene rings is 1. The molecule has 0 bridgehead atoms. The van der Waals surface area contributed by atoms with Gasteiger partial charge in [0.15, 0.2) is 0 Å². The summed E-state index contributed by atoms with van der Waals surface area (Å²) >= 11 is 1.76. The normalized spacial score (nSPS) is 19.1. The summed E-state index contributed by atoms with van der Waals surface area (Å²) in [5.74, 6) is 0.777. The van der Waals surface area contributed by atoms with Crippen LogP contribution in [-0.2, 0) is 4.79 Å². The van der Waals surface area contributed by atoms with Crippen molar-refractivity contribution in [1.82, 2.24) is 25.0 Å². The average Bonchev–Trinajstić information content (AvgIpc) is 3.29. The van der Waals surface area contributed by atoms with E-state index in [4.69, 9.17) is 0 Å². The smallest absolute Gasteiger partial charge is 0.244 e. The number of nitrogens with one attached hydrogen (secondary N) is 1. The predicted octanol–water partition coefficient (Wildman–Crippen LogP) is 2.49. The van der Waals surface area contributed by atoms with E-state index in [9.17, 15) is 4.79 Å². The van der Waals surface area contributed by atoms with Gasteiger partial charge in [0.05, 0.1) is 6.04 Å². The number of aromatic nitrogens is 3. The summed E-state index contributed by atoms with van der Waals surface area (Å²) in [6, 6.07) is 4.15. The molecule has 0 radical (unpaired) electrons. The molecule has 2 unspecified atom stereocenters. The van der Waals surface area contributed by atoms with Crippen LogP contribution in [0.5, 0.6) is 0 Å². The molecule has 1 saturated heterocycles. The van der Waals surface area contributed by atoms with E-state index in [1.165, 1.54) is 24.0 Å². The van der Waals surface area contributed by atoms with Gasteiger partial charge in [-0.2, -0.15) is 5.10 Å². The molecular weight excluding hydrogens is 322 g/mol. The second-order valence-corrected chi connectivity index (χ2v) is 7.53.